The molecule has 0 N–H and O–H groups in total. The second-order valence-electron chi connectivity index (χ2n) is 12.1. The molecule has 46 heavy (non-hydrogen) atoms. The molecule has 0 radical (unpaired) electrons. The van der Waals surface area contributed by atoms with Crippen LogP contribution in [0.3, 0.4) is 0 Å². The maximum absolute atomic E-state index is 2.45. The zero-order chi connectivity index (χ0) is 30.2. The van der Waals surface area contributed by atoms with Gasteiger partial charge in [-0.1, -0.05) is 139 Å². The summed E-state index contributed by atoms with van der Waals surface area (Å²) >= 11 is 1.88. The summed E-state index contributed by atoms with van der Waals surface area (Å²) < 4.78 is 2.45. The molecule has 0 bridgehead atoms. The molecule has 214 valence electrons. The van der Waals surface area contributed by atoms with E-state index < -0.39 is 0 Å². The molecule has 10 rings (SSSR count). The highest BCUT2D eigenvalue weighted by Gasteiger charge is 2.22. The molecule has 0 saturated heterocycles. The van der Waals surface area contributed by atoms with E-state index >= 15 is 0 Å². The zero-order valence-corrected chi connectivity index (χ0v) is 25.8. The number of fused-ring (bicyclic) bond motifs is 7. The minimum Gasteiger partial charge on any atom is -0.309 e. The number of para-hydroxylation sites is 2. The lowest BCUT2D eigenvalue weighted by molar-refractivity contribution is 1.18. The molecule has 1 aromatic heterocycles. The van der Waals surface area contributed by atoms with Gasteiger partial charge in [-0.05, 0) is 80.4 Å². The first-order valence-electron chi connectivity index (χ1n) is 15.8. The average molecular weight is 602 g/mol. The topological polar surface area (TPSA) is 4.93 Å². The Bertz CT molecular complexity index is 2650. The standard InChI is InChI=1S/C44H27NS/c1-2-12-31(13-3-1)45-39-19-8-6-16-37(39)43-33-14-5-4-11-30(33)27-38(44(43)45)29-23-21-28(22-24-29)32-25-26-41-42-35(32)17-10-18-36(42)34-15-7-9-20-40(34)46-41/h1-27H. The maximum Gasteiger partial charge on any atom is 0.0625 e. The van der Waals surface area contributed by atoms with Crippen molar-refractivity contribution in [1.29, 1.82) is 0 Å². The van der Waals surface area contributed by atoms with Gasteiger partial charge in [-0.2, -0.15) is 0 Å². The highest BCUT2D eigenvalue weighted by Crippen LogP contribution is 2.50. The predicted molar refractivity (Wildman–Crippen MR) is 196 cm³/mol. The second kappa shape index (κ2) is 9.97. The molecule has 1 nitrogen and oxygen atoms in total. The van der Waals surface area contributed by atoms with Crippen LogP contribution >= 0.6 is 11.8 Å². The Morgan fingerprint density at radius 1 is 0.391 bits per heavy atom. The molecule has 9 aromatic rings. The molecule has 0 atom stereocenters. The molecule has 2 heteroatoms. The summed E-state index contributed by atoms with van der Waals surface area (Å²) in [5, 5.41) is 7.79. The average Bonchev–Trinajstić information content (AvgIpc) is 3.48. The van der Waals surface area contributed by atoms with Gasteiger partial charge in [0, 0.05) is 37.2 Å². The van der Waals surface area contributed by atoms with Gasteiger partial charge in [-0.3, -0.25) is 0 Å². The third kappa shape index (κ3) is 3.71. The van der Waals surface area contributed by atoms with E-state index in [0.29, 0.717) is 0 Å². The van der Waals surface area contributed by atoms with E-state index in [-0.39, 0.29) is 0 Å². The van der Waals surface area contributed by atoms with E-state index in [1.807, 2.05) is 11.8 Å². The molecule has 0 amide bonds. The Morgan fingerprint density at radius 3 is 1.93 bits per heavy atom. The van der Waals surface area contributed by atoms with Gasteiger partial charge in [0.15, 0.2) is 0 Å². The van der Waals surface area contributed by atoms with E-state index in [1.54, 1.807) is 0 Å². The summed E-state index contributed by atoms with van der Waals surface area (Å²) in [7, 11) is 0. The molecule has 2 heterocycles. The molecule has 0 saturated carbocycles. The van der Waals surface area contributed by atoms with Gasteiger partial charge in [0.25, 0.3) is 0 Å². The lowest BCUT2D eigenvalue weighted by Crippen LogP contribution is -1.96. The molecule has 0 aliphatic carbocycles. The Kier molecular flexibility index (Phi) is 5.58. The van der Waals surface area contributed by atoms with Gasteiger partial charge >= 0.3 is 0 Å². The summed E-state index contributed by atoms with van der Waals surface area (Å²) in [5.41, 5.74) is 11.3. The van der Waals surface area contributed by atoms with E-state index in [1.165, 1.54) is 92.2 Å². The van der Waals surface area contributed by atoms with Crippen molar-refractivity contribution in [3.8, 4) is 39.1 Å². The third-order valence-electron chi connectivity index (χ3n) is 9.58. The van der Waals surface area contributed by atoms with E-state index in [9.17, 15) is 0 Å². The summed E-state index contributed by atoms with van der Waals surface area (Å²) in [6.07, 6.45) is 0. The van der Waals surface area contributed by atoms with Crippen LogP contribution in [0.15, 0.2) is 174 Å². The van der Waals surface area contributed by atoms with Gasteiger partial charge < -0.3 is 4.57 Å². The summed E-state index contributed by atoms with van der Waals surface area (Å²) in [6.45, 7) is 0. The van der Waals surface area contributed by atoms with Crippen molar-refractivity contribution in [2.24, 2.45) is 0 Å². The zero-order valence-electron chi connectivity index (χ0n) is 24.9. The highest BCUT2D eigenvalue weighted by atomic mass is 32.2. The summed E-state index contributed by atoms with van der Waals surface area (Å²) in [6, 6.07) is 60.1. The van der Waals surface area contributed by atoms with Gasteiger partial charge in [0.05, 0.1) is 11.0 Å². The van der Waals surface area contributed by atoms with Crippen molar-refractivity contribution in [3.05, 3.63) is 164 Å². The quantitative estimate of drug-likeness (QED) is 0.195. The Balaban J connectivity index is 1.20. The first-order valence-corrected chi connectivity index (χ1v) is 16.6. The minimum atomic E-state index is 1.17. The molecule has 8 aromatic carbocycles. The van der Waals surface area contributed by atoms with Crippen molar-refractivity contribution in [2.75, 3.05) is 0 Å². The molecule has 1 aliphatic heterocycles. The second-order valence-corrected chi connectivity index (χ2v) is 13.2. The Labute approximate surface area is 271 Å². The highest BCUT2D eigenvalue weighted by molar-refractivity contribution is 7.99. The van der Waals surface area contributed by atoms with Crippen molar-refractivity contribution in [2.45, 2.75) is 9.79 Å². The predicted octanol–water partition coefficient (Wildman–Crippen LogP) is 12.6. The monoisotopic (exact) mass is 601 g/mol. The molecule has 0 unspecified atom stereocenters. The van der Waals surface area contributed by atoms with Crippen LogP contribution in [0.25, 0.3) is 82.4 Å². The molecular formula is C44H27NS. The fourth-order valence-corrected chi connectivity index (χ4v) is 8.70. The van der Waals surface area contributed by atoms with Crippen LogP contribution in [0.5, 0.6) is 0 Å². The van der Waals surface area contributed by atoms with Crippen molar-refractivity contribution < 1.29 is 0 Å². The number of hydrogen-bond donors (Lipinski definition) is 0. The van der Waals surface area contributed by atoms with E-state index in [2.05, 4.69) is 168 Å². The van der Waals surface area contributed by atoms with Crippen LogP contribution in [0.4, 0.5) is 0 Å². The largest absolute Gasteiger partial charge is 0.309 e. The number of aromatic nitrogens is 1. The number of hydrogen-bond acceptors (Lipinski definition) is 1. The van der Waals surface area contributed by atoms with E-state index in [0.717, 1.165) is 0 Å². The molecule has 0 fully saturated rings. The first-order chi connectivity index (χ1) is 22.8. The number of benzene rings is 8. The summed E-state index contributed by atoms with van der Waals surface area (Å²) in [4.78, 5) is 2.66. The Morgan fingerprint density at radius 2 is 1.07 bits per heavy atom. The third-order valence-corrected chi connectivity index (χ3v) is 10.7. The van der Waals surface area contributed by atoms with Crippen LogP contribution in [0, 0.1) is 0 Å². The van der Waals surface area contributed by atoms with Crippen LogP contribution < -0.4 is 0 Å². The smallest absolute Gasteiger partial charge is 0.0625 e. The molecule has 0 spiro atoms. The number of nitrogens with zero attached hydrogens (tertiary/aromatic N) is 1. The number of rotatable bonds is 3. The van der Waals surface area contributed by atoms with Crippen LogP contribution in [0.2, 0.25) is 0 Å². The fourth-order valence-electron chi connectivity index (χ4n) is 7.57. The minimum absolute atomic E-state index is 1.17. The lowest BCUT2D eigenvalue weighted by Gasteiger charge is -2.21. The van der Waals surface area contributed by atoms with Crippen molar-refractivity contribution >= 4 is 55.1 Å². The normalized spacial score (nSPS) is 12.3. The van der Waals surface area contributed by atoms with Crippen LogP contribution in [-0.4, -0.2) is 4.57 Å². The molecular weight excluding hydrogens is 575 g/mol. The Hall–Kier alpha value is -5.57. The van der Waals surface area contributed by atoms with Gasteiger partial charge in [0.1, 0.15) is 0 Å². The van der Waals surface area contributed by atoms with E-state index in [4.69, 9.17) is 0 Å². The van der Waals surface area contributed by atoms with Crippen LogP contribution in [-0.2, 0) is 0 Å². The maximum atomic E-state index is 2.45. The first kappa shape index (κ1) is 25.7. The van der Waals surface area contributed by atoms with Gasteiger partial charge in [-0.25, -0.2) is 0 Å². The SMILES string of the molecule is c1ccc(-n2c3ccccc3c3c4ccccc4cc(-c4ccc(-c5ccc6c7c(cccc57)-c5ccccc5S6)cc4)c32)cc1. The summed E-state index contributed by atoms with van der Waals surface area (Å²) in [5.74, 6) is 0. The van der Waals surface area contributed by atoms with Crippen LogP contribution in [0.1, 0.15) is 0 Å². The van der Waals surface area contributed by atoms with Crippen molar-refractivity contribution in [1.82, 2.24) is 4.57 Å². The van der Waals surface area contributed by atoms with Crippen molar-refractivity contribution in [3.63, 3.8) is 0 Å². The van der Waals surface area contributed by atoms with Gasteiger partial charge in [-0.15, -0.1) is 0 Å². The van der Waals surface area contributed by atoms with Gasteiger partial charge in [0.2, 0.25) is 0 Å². The fraction of sp³-hybridized carbons (Fsp3) is 0. The molecule has 1 aliphatic rings. The lowest BCUT2D eigenvalue weighted by atomic mass is 9.91.